The smallest absolute Gasteiger partial charge is 0.320 e. The van der Waals surface area contributed by atoms with Crippen molar-refractivity contribution in [2.45, 2.75) is 46.1 Å². The Morgan fingerprint density at radius 3 is 2.40 bits per heavy atom. The van der Waals surface area contributed by atoms with Crippen molar-refractivity contribution in [3.8, 4) is 0 Å². The van der Waals surface area contributed by atoms with Crippen molar-refractivity contribution >= 4 is 5.97 Å². The summed E-state index contributed by atoms with van der Waals surface area (Å²) in [6.07, 6.45) is 3.37. The zero-order valence-electron chi connectivity index (χ0n) is 9.79. The molecule has 3 N–H and O–H groups in total. The van der Waals surface area contributed by atoms with Crippen LogP contribution in [-0.2, 0) is 4.79 Å². The van der Waals surface area contributed by atoms with E-state index in [1.54, 1.807) is 0 Å². The summed E-state index contributed by atoms with van der Waals surface area (Å²) in [5.74, 6) is -0.0220. The van der Waals surface area contributed by atoms with Gasteiger partial charge in [0.1, 0.15) is 6.04 Å². The Morgan fingerprint density at radius 1 is 1.47 bits per heavy atom. The quantitative estimate of drug-likeness (QED) is 0.732. The zero-order valence-corrected chi connectivity index (χ0v) is 9.79. The number of hydrogen-bond donors (Lipinski definition) is 2. The first-order valence-corrected chi connectivity index (χ1v) is 5.79. The van der Waals surface area contributed by atoms with Crippen molar-refractivity contribution in [1.29, 1.82) is 0 Å². The fourth-order valence-corrected chi connectivity index (χ4v) is 3.98. The van der Waals surface area contributed by atoms with Crippen LogP contribution in [0, 0.1) is 22.7 Å². The van der Waals surface area contributed by atoms with E-state index >= 15 is 0 Å². The van der Waals surface area contributed by atoms with Crippen LogP contribution in [0.4, 0.5) is 0 Å². The number of carbonyl (C=O) groups is 1. The Labute approximate surface area is 91.0 Å². The van der Waals surface area contributed by atoms with Gasteiger partial charge in [-0.05, 0) is 41.9 Å². The number of hydrogen-bond acceptors (Lipinski definition) is 2. The Kier molecular flexibility index (Phi) is 2.16. The number of carboxylic acids is 1. The number of fused-ring (bicyclic) bond motifs is 2. The fourth-order valence-electron chi connectivity index (χ4n) is 3.98. The lowest BCUT2D eigenvalue weighted by Gasteiger charge is -2.40. The molecule has 2 rings (SSSR count). The maximum absolute atomic E-state index is 11.0. The van der Waals surface area contributed by atoms with Crippen molar-refractivity contribution in [3.63, 3.8) is 0 Å². The van der Waals surface area contributed by atoms with E-state index in [1.807, 2.05) is 0 Å². The molecule has 86 valence electrons. The van der Waals surface area contributed by atoms with Gasteiger partial charge in [-0.25, -0.2) is 0 Å². The normalized spacial score (nSPS) is 44.3. The summed E-state index contributed by atoms with van der Waals surface area (Å²) in [5.41, 5.74) is 6.19. The van der Waals surface area contributed by atoms with Gasteiger partial charge in [-0.3, -0.25) is 4.79 Å². The second-order valence-corrected chi connectivity index (χ2v) is 6.08. The predicted octanol–water partition coefficient (Wildman–Crippen LogP) is 1.86. The van der Waals surface area contributed by atoms with Crippen LogP contribution in [0.15, 0.2) is 0 Å². The van der Waals surface area contributed by atoms with Crippen molar-refractivity contribution in [2.24, 2.45) is 28.4 Å². The average Bonchev–Trinajstić information content (AvgIpc) is 2.47. The first kappa shape index (κ1) is 10.9. The van der Waals surface area contributed by atoms with Crippen LogP contribution >= 0.6 is 0 Å². The molecule has 0 heterocycles. The summed E-state index contributed by atoms with van der Waals surface area (Å²) in [7, 11) is 0. The highest BCUT2D eigenvalue weighted by Gasteiger charge is 2.63. The minimum atomic E-state index is -0.843. The molecule has 0 aromatic heterocycles. The molecule has 0 aromatic carbocycles. The molecule has 3 heteroatoms. The van der Waals surface area contributed by atoms with E-state index in [1.165, 1.54) is 6.42 Å². The number of nitrogens with two attached hydrogens (primary N) is 1. The minimum absolute atomic E-state index is 0.121. The van der Waals surface area contributed by atoms with Crippen LogP contribution in [0.2, 0.25) is 0 Å². The lowest BCUT2D eigenvalue weighted by Crippen LogP contribution is -2.46. The maximum Gasteiger partial charge on any atom is 0.320 e. The maximum atomic E-state index is 11.0. The molecule has 2 saturated carbocycles. The highest BCUT2D eigenvalue weighted by atomic mass is 16.4. The summed E-state index contributed by atoms with van der Waals surface area (Å²) >= 11 is 0. The van der Waals surface area contributed by atoms with Crippen LogP contribution in [0.1, 0.15) is 40.0 Å². The second kappa shape index (κ2) is 2.97. The van der Waals surface area contributed by atoms with E-state index < -0.39 is 12.0 Å². The van der Waals surface area contributed by atoms with Gasteiger partial charge in [-0.1, -0.05) is 20.8 Å². The van der Waals surface area contributed by atoms with E-state index in [9.17, 15) is 4.79 Å². The van der Waals surface area contributed by atoms with Crippen LogP contribution < -0.4 is 5.73 Å². The predicted molar refractivity (Wildman–Crippen MR) is 58.3 cm³/mol. The Balaban J connectivity index is 2.30. The number of carboxylic acid groups (broad SMARTS) is 1. The lowest BCUT2D eigenvalue weighted by atomic mass is 9.65. The Bertz CT molecular complexity index is 300. The topological polar surface area (TPSA) is 63.3 Å². The van der Waals surface area contributed by atoms with Gasteiger partial charge in [-0.2, -0.15) is 0 Å². The van der Waals surface area contributed by atoms with Gasteiger partial charge < -0.3 is 10.8 Å². The molecule has 0 saturated heterocycles. The molecule has 0 aromatic rings. The minimum Gasteiger partial charge on any atom is -0.480 e. The largest absolute Gasteiger partial charge is 0.480 e. The van der Waals surface area contributed by atoms with Crippen LogP contribution in [-0.4, -0.2) is 17.1 Å². The highest BCUT2D eigenvalue weighted by Crippen LogP contribution is 2.68. The molecule has 0 unspecified atom stereocenters. The molecule has 0 aliphatic heterocycles. The van der Waals surface area contributed by atoms with Gasteiger partial charge in [-0.15, -0.1) is 0 Å². The van der Waals surface area contributed by atoms with E-state index in [4.69, 9.17) is 10.8 Å². The molecule has 15 heavy (non-hydrogen) atoms. The van der Waals surface area contributed by atoms with Crippen LogP contribution in [0.25, 0.3) is 0 Å². The van der Waals surface area contributed by atoms with Crippen molar-refractivity contribution in [3.05, 3.63) is 0 Å². The standard InChI is InChI=1S/C12H21NO2/c1-11(2)7-4-5-12(11,3)8(6-7)9(13)10(14)15/h7-9H,4-6,13H2,1-3H3,(H,14,15)/t7-,8+,9+,12-/m1/s1. The van der Waals surface area contributed by atoms with Gasteiger partial charge in [0, 0.05) is 0 Å². The van der Waals surface area contributed by atoms with Crippen molar-refractivity contribution in [1.82, 2.24) is 0 Å². The monoisotopic (exact) mass is 211 g/mol. The lowest BCUT2D eigenvalue weighted by molar-refractivity contribution is -0.141. The Hall–Kier alpha value is -0.570. The van der Waals surface area contributed by atoms with Crippen LogP contribution in [0.3, 0.4) is 0 Å². The second-order valence-electron chi connectivity index (χ2n) is 6.08. The van der Waals surface area contributed by atoms with Gasteiger partial charge in [0.25, 0.3) is 0 Å². The Morgan fingerprint density at radius 2 is 2.07 bits per heavy atom. The summed E-state index contributed by atoms with van der Waals surface area (Å²) in [5, 5.41) is 9.03. The molecule has 0 amide bonds. The molecule has 2 aliphatic carbocycles. The molecule has 4 atom stereocenters. The van der Waals surface area contributed by atoms with Gasteiger partial charge in [0.2, 0.25) is 0 Å². The first-order valence-electron chi connectivity index (χ1n) is 5.79. The van der Waals surface area contributed by atoms with Gasteiger partial charge in [0.15, 0.2) is 0 Å². The van der Waals surface area contributed by atoms with Crippen LogP contribution in [0.5, 0.6) is 0 Å². The zero-order chi connectivity index (χ0) is 11.4. The number of rotatable bonds is 2. The van der Waals surface area contributed by atoms with Crippen molar-refractivity contribution in [2.75, 3.05) is 0 Å². The van der Waals surface area contributed by atoms with E-state index in [0.29, 0.717) is 5.92 Å². The highest BCUT2D eigenvalue weighted by molar-refractivity contribution is 5.73. The van der Waals surface area contributed by atoms with Gasteiger partial charge >= 0.3 is 5.97 Å². The average molecular weight is 211 g/mol. The molecule has 2 fully saturated rings. The first-order chi connectivity index (χ1) is 6.80. The SMILES string of the molecule is CC1(C)[C@@H]2CC[C@]1(C)[C@H]([C@H](N)C(=O)O)C2. The summed E-state index contributed by atoms with van der Waals surface area (Å²) in [6.45, 7) is 6.78. The van der Waals surface area contributed by atoms with E-state index in [-0.39, 0.29) is 16.7 Å². The van der Waals surface area contributed by atoms with E-state index in [2.05, 4.69) is 20.8 Å². The molecule has 2 bridgehead atoms. The third-order valence-electron chi connectivity index (χ3n) is 5.58. The number of aliphatic carboxylic acids is 1. The third kappa shape index (κ3) is 1.19. The van der Waals surface area contributed by atoms with E-state index in [0.717, 1.165) is 12.8 Å². The fraction of sp³-hybridized carbons (Fsp3) is 0.917. The summed E-state index contributed by atoms with van der Waals surface area (Å²) < 4.78 is 0. The third-order valence-corrected chi connectivity index (χ3v) is 5.58. The molecule has 0 radical (unpaired) electrons. The summed E-state index contributed by atoms with van der Waals surface area (Å²) in [4.78, 5) is 11.0. The molecule has 0 spiro atoms. The molecule has 3 nitrogen and oxygen atoms in total. The van der Waals surface area contributed by atoms with Gasteiger partial charge in [0.05, 0.1) is 0 Å². The molecule has 2 aliphatic rings. The van der Waals surface area contributed by atoms with Crippen molar-refractivity contribution < 1.29 is 9.90 Å². The molecular formula is C12H21NO2. The summed E-state index contributed by atoms with van der Waals surface area (Å²) in [6, 6.07) is -0.681. The molecular weight excluding hydrogens is 190 g/mol.